The van der Waals surface area contributed by atoms with Crippen LogP contribution in [-0.4, -0.2) is 23.9 Å². The summed E-state index contributed by atoms with van der Waals surface area (Å²) in [5.74, 6) is 0.0772. The number of carbonyl (C=O) groups is 1. The molecule has 2 aromatic rings. The molecule has 2 rings (SSSR count). The van der Waals surface area contributed by atoms with Gasteiger partial charge in [-0.05, 0) is 6.07 Å². The predicted octanol–water partition coefficient (Wildman–Crippen LogP) is 2.39. The van der Waals surface area contributed by atoms with Crippen LogP contribution >= 0.6 is 11.3 Å². The van der Waals surface area contributed by atoms with E-state index < -0.39 is 0 Å². The molecule has 0 saturated carbocycles. The Morgan fingerprint density at radius 2 is 1.95 bits per heavy atom. The van der Waals surface area contributed by atoms with Crippen LogP contribution in [0.15, 0.2) is 55.1 Å². The minimum Gasteiger partial charge on any atom is -0.330 e. The zero-order valence-electron chi connectivity index (χ0n) is 10.8. The van der Waals surface area contributed by atoms with Crippen LogP contribution in [0.5, 0.6) is 0 Å². The smallest absolute Gasteiger partial charge is 0.289 e. The molecule has 0 saturated heterocycles. The number of rotatable bonds is 6. The van der Waals surface area contributed by atoms with Gasteiger partial charge in [0, 0.05) is 19.2 Å². The zero-order chi connectivity index (χ0) is 13.7. The van der Waals surface area contributed by atoms with Crippen molar-refractivity contribution in [3.63, 3.8) is 0 Å². The summed E-state index contributed by atoms with van der Waals surface area (Å²) in [4.78, 5) is 14.0. The van der Waals surface area contributed by atoms with Gasteiger partial charge in [0.25, 0.3) is 5.91 Å². The van der Waals surface area contributed by atoms with Crippen molar-refractivity contribution in [1.82, 2.24) is 4.90 Å². The lowest BCUT2D eigenvalue weighted by atomic mass is 10.3. The first-order valence-corrected chi connectivity index (χ1v) is 6.99. The van der Waals surface area contributed by atoms with E-state index >= 15 is 0 Å². The highest BCUT2D eigenvalue weighted by molar-refractivity contribution is 7.16. The molecule has 1 amide bonds. The molecule has 1 aromatic heterocycles. The average Bonchev–Trinajstić information content (AvgIpc) is 2.82. The second-order valence-electron chi connectivity index (χ2n) is 4.19. The van der Waals surface area contributed by atoms with Gasteiger partial charge in [-0.25, -0.2) is 0 Å². The molecule has 98 valence electrons. The summed E-state index contributed by atoms with van der Waals surface area (Å²) in [7, 11) is 0. The Hall–Kier alpha value is -1.94. The van der Waals surface area contributed by atoms with E-state index in [-0.39, 0.29) is 5.91 Å². The van der Waals surface area contributed by atoms with Crippen molar-refractivity contribution in [2.24, 2.45) is 0 Å². The fraction of sp³-hybridized carbons (Fsp3) is 0.200. The Kier molecular flexibility index (Phi) is 4.47. The minimum atomic E-state index is 0.0772. The molecule has 19 heavy (non-hydrogen) atoms. The molecule has 0 aliphatic rings. The molecule has 0 N–H and O–H groups in total. The fourth-order valence-corrected chi connectivity index (χ4v) is 2.82. The van der Waals surface area contributed by atoms with Gasteiger partial charge >= 0.3 is 0 Å². The van der Waals surface area contributed by atoms with E-state index in [1.54, 1.807) is 28.4 Å². The number of hydrogen-bond acceptors (Lipinski definition) is 2. The van der Waals surface area contributed by atoms with E-state index in [0.29, 0.717) is 19.6 Å². The molecule has 0 spiro atoms. The van der Waals surface area contributed by atoms with Gasteiger partial charge in [0.2, 0.25) is 17.6 Å². The van der Waals surface area contributed by atoms with Crippen molar-refractivity contribution >= 4 is 27.5 Å². The third-order valence-electron chi connectivity index (χ3n) is 2.84. The number of benzene rings is 1. The molecule has 1 heterocycles. The van der Waals surface area contributed by atoms with Crippen LogP contribution in [0.4, 0.5) is 0 Å². The number of thiazole rings is 1. The normalized spacial score (nSPS) is 10.3. The van der Waals surface area contributed by atoms with Crippen LogP contribution in [0.2, 0.25) is 0 Å². The van der Waals surface area contributed by atoms with Gasteiger partial charge in [-0.15, -0.1) is 13.2 Å². The Morgan fingerprint density at radius 1 is 1.26 bits per heavy atom. The third-order valence-corrected chi connectivity index (χ3v) is 3.80. The molecule has 0 atom stereocenters. The summed E-state index contributed by atoms with van der Waals surface area (Å²) >= 11 is 1.65. The van der Waals surface area contributed by atoms with Crippen LogP contribution in [0.1, 0.15) is 0 Å². The van der Waals surface area contributed by atoms with Gasteiger partial charge in [0.1, 0.15) is 4.70 Å². The number of nitrogens with zero attached hydrogens (tertiary/aromatic N) is 2. The van der Waals surface area contributed by atoms with Gasteiger partial charge in [0.15, 0.2) is 0 Å². The standard InChI is InChI=1S/C15H17N2OS/c1-3-9-16(10-4-2)15(18)11-17-12-19-14-8-6-5-7-13(14)17/h3-8,12H,1-2,9-11H2/q+1. The Morgan fingerprint density at radius 3 is 2.63 bits per heavy atom. The van der Waals surface area contributed by atoms with Crippen molar-refractivity contribution in [2.45, 2.75) is 6.54 Å². The number of para-hydroxylation sites is 1. The monoisotopic (exact) mass is 273 g/mol. The number of carbonyl (C=O) groups excluding carboxylic acids is 1. The maximum Gasteiger partial charge on any atom is 0.289 e. The highest BCUT2D eigenvalue weighted by Crippen LogP contribution is 2.14. The summed E-state index contributed by atoms with van der Waals surface area (Å²) in [5.41, 5.74) is 3.08. The molecule has 4 heteroatoms. The second kappa shape index (κ2) is 6.29. The SMILES string of the molecule is C=CCN(CC=C)C(=O)C[n+]1csc2ccccc21. The van der Waals surface area contributed by atoms with E-state index in [1.165, 1.54) is 4.70 Å². The van der Waals surface area contributed by atoms with E-state index in [9.17, 15) is 4.79 Å². The molecule has 0 bridgehead atoms. The van der Waals surface area contributed by atoms with Crippen LogP contribution in [0.25, 0.3) is 10.2 Å². The van der Waals surface area contributed by atoms with Crippen molar-refractivity contribution in [2.75, 3.05) is 13.1 Å². The van der Waals surface area contributed by atoms with Crippen molar-refractivity contribution in [3.8, 4) is 0 Å². The first kappa shape index (κ1) is 13.5. The van der Waals surface area contributed by atoms with Crippen molar-refractivity contribution < 1.29 is 9.36 Å². The maximum atomic E-state index is 12.2. The number of amides is 1. The van der Waals surface area contributed by atoms with E-state index in [2.05, 4.69) is 19.2 Å². The highest BCUT2D eigenvalue weighted by atomic mass is 32.1. The van der Waals surface area contributed by atoms with E-state index in [1.807, 2.05) is 28.3 Å². The highest BCUT2D eigenvalue weighted by Gasteiger charge is 2.19. The molecular weight excluding hydrogens is 256 g/mol. The quantitative estimate of drug-likeness (QED) is 0.586. The van der Waals surface area contributed by atoms with Gasteiger partial charge in [0.05, 0.1) is 0 Å². The van der Waals surface area contributed by atoms with Crippen LogP contribution in [-0.2, 0) is 11.3 Å². The Labute approximate surface area is 117 Å². The zero-order valence-corrected chi connectivity index (χ0v) is 11.6. The molecule has 0 aliphatic heterocycles. The largest absolute Gasteiger partial charge is 0.330 e. The molecule has 3 nitrogen and oxygen atoms in total. The molecular formula is C15H17N2OS+. The summed E-state index contributed by atoms with van der Waals surface area (Å²) in [6.45, 7) is 8.81. The Bertz CT molecular complexity index is 593. The lowest BCUT2D eigenvalue weighted by Gasteiger charge is -2.16. The number of hydrogen-bond donors (Lipinski definition) is 0. The fourth-order valence-electron chi connectivity index (χ4n) is 1.93. The van der Waals surface area contributed by atoms with Gasteiger partial charge < -0.3 is 4.90 Å². The summed E-state index contributed by atoms with van der Waals surface area (Å²) < 4.78 is 3.18. The van der Waals surface area contributed by atoms with E-state index in [0.717, 1.165) is 5.52 Å². The lowest BCUT2D eigenvalue weighted by Crippen LogP contribution is -2.44. The Balaban J connectivity index is 2.17. The lowest BCUT2D eigenvalue weighted by molar-refractivity contribution is -0.654. The summed E-state index contributed by atoms with van der Waals surface area (Å²) in [5, 5.41) is 0. The number of aromatic nitrogens is 1. The van der Waals surface area contributed by atoms with Crippen LogP contribution in [0, 0.1) is 0 Å². The predicted molar refractivity (Wildman–Crippen MR) is 79.0 cm³/mol. The number of fused-ring (bicyclic) bond motifs is 1. The molecule has 0 fully saturated rings. The molecule has 1 aromatic carbocycles. The summed E-state index contributed by atoms with van der Waals surface area (Å²) in [6.07, 6.45) is 3.47. The molecule has 0 unspecified atom stereocenters. The minimum absolute atomic E-state index is 0.0772. The van der Waals surface area contributed by atoms with Gasteiger partial charge in [-0.2, -0.15) is 4.57 Å². The maximum absolute atomic E-state index is 12.2. The summed E-state index contributed by atoms with van der Waals surface area (Å²) in [6, 6.07) is 8.09. The molecule has 0 radical (unpaired) electrons. The third kappa shape index (κ3) is 3.09. The van der Waals surface area contributed by atoms with Gasteiger partial charge in [-0.1, -0.05) is 35.6 Å². The van der Waals surface area contributed by atoms with Crippen LogP contribution in [0.3, 0.4) is 0 Å². The first-order chi connectivity index (χ1) is 9.26. The topological polar surface area (TPSA) is 24.2 Å². The van der Waals surface area contributed by atoms with Crippen LogP contribution < -0.4 is 4.57 Å². The molecule has 0 aliphatic carbocycles. The van der Waals surface area contributed by atoms with Crippen molar-refractivity contribution in [1.29, 1.82) is 0 Å². The van der Waals surface area contributed by atoms with E-state index in [4.69, 9.17) is 0 Å². The second-order valence-corrected chi connectivity index (χ2v) is 5.08. The van der Waals surface area contributed by atoms with Crippen molar-refractivity contribution in [3.05, 3.63) is 55.1 Å². The van der Waals surface area contributed by atoms with Gasteiger partial charge in [-0.3, -0.25) is 4.79 Å². The average molecular weight is 273 g/mol. The first-order valence-electron chi connectivity index (χ1n) is 6.11.